The fraction of sp³-hybridized carbons (Fsp3) is 0. The number of hydrogen-bond donors (Lipinski definition) is 1. The van der Waals surface area contributed by atoms with Crippen molar-refractivity contribution in [2.24, 2.45) is 0 Å². The van der Waals surface area contributed by atoms with Crippen molar-refractivity contribution in [3.63, 3.8) is 0 Å². The summed E-state index contributed by atoms with van der Waals surface area (Å²) in [6, 6.07) is 12.8. The van der Waals surface area contributed by atoms with Crippen molar-refractivity contribution >= 4 is 39.9 Å². The lowest BCUT2D eigenvalue weighted by Crippen LogP contribution is -1.90. The molecule has 2 nitrogen and oxygen atoms in total. The van der Waals surface area contributed by atoms with Crippen molar-refractivity contribution in [1.82, 2.24) is 0 Å². The Hall–Kier alpha value is -0.940. The quantitative estimate of drug-likeness (QED) is 0.650. The fourth-order valence-corrected chi connectivity index (χ4v) is 2.09. The third-order valence-corrected chi connectivity index (χ3v) is 3.06. The summed E-state index contributed by atoms with van der Waals surface area (Å²) in [7, 11) is 0. The highest BCUT2D eigenvalue weighted by atomic mass is 127. The second-order valence-electron chi connectivity index (χ2n) is 3.25. The maximum absolute atomic E-state index is 5.87. The molecule has 16 heavy (non-hydrogen) atoms. The molecule has 0 amide bonds. The summed E-state index contributed by atoms with van der Waals surface area (Å²) in [5.74, 6) is 1.49. The summed E-state index contributed by atoms with van der Waals surface area (Å²) < 4.78 is 6.67. The van der Waals surface area contributed by atoms with Crippen molar-refractivity contribution in [1.29, 1.82) is 0 Å². The Morgan fingerprint density at radius 3 is 2.62 bits per heavy atom. The number of hydrogen-bond acceptors (Lipinski definition) is 2. The van der Waals surface area contributed by atoms with E-state index in [1.807, 2.05) is 36.4 Å². The molecule has 2 aromatic carbocycles. The van der Waals surface area contributed by atoms with Gasteiger partial charge in [0, 0.05) is 10.7 Å². The number of anilines is 1. The van der Waals surface area contributed by atoms with E-state index in [1.54, 1.807) is 6.07 Å². The minimum Gasteiger partial charge on any atom is -0.456 e. The summed E-state index contributed by atoms with van der Waals surface area (Å²) in [5.41, 5.74) is 6.39. The van der Waals surface area contributed by atoms with Gasteiger partial charge in [-0.2, -0.15) is 0 Å². The molecule has 4 heteroatoms. The first-order chi connectivity index (χ1) is 7.65. The molecule has 0 heterocycles. The zero-order valence-electron chi connectivity index (χ0n) is 8.28. The Morgan fingerprint density at radius 1 is 1.12 bits per heavy atom. The predicted octanol–water partition coefficient (Wildman–Crippen LogP) is 4.32. The largest absolute Gasteiger partial charge is 0.456 e. The number of nitrogens with two attached hydrogens (primary N) is 1. The highest BCUT2D eigenvalue weighted by Gasteiger charge is 2.03. The molecule has 0 saturated carbocycles. The molecule has 0 atom stereocenters. The molecular formula is C12H9ClINO. The molecule has 82 valence electrons. The van der Waals surface area contributed by atoms with Gasteiger partial charge in [-0.3, -0.25) is 0 Å². The second-order valence-corrected chi connectivity index (χ2v) is 4.85. The summed E-state index contributed by atoms with van der Waals surface area (Å²) in [6.45, 7) is 0. The average molecular weight is 346 g/mol. The summed E-state index contributed by atoms with van der Waals surface area (Å²) in [6.07, 6.45) is 0. The van der Waals surface area contributed by atoms with E-state index >= 15 is 0 Å². The van der Waals surface area contributed by atoms with Crippen LogP contribution in [0.15, 0.2) is 42.5 Å². The number of benzene rings is 2. The van der Waals surface area contributed by atoms with E-state index in [9.17, 15) is 0 Å². The van der Waals surface area contributed by atoms with Crippen molar-refractivity contribution < 1.29 is 4.74 Å². The molecule has 0 spiro atoms. The molecule has 0 aliphatic heterocycles. The molecule has 2 aromatic rings. The van der Waals surface area contributed by atoms with E-state index in [2.05, 4.69) is 22.6 Å². The lowest BCUT2D eigenvalue weighted by Gasteiger charge is -2.08. The molecule has 2 N–H and O–H groups in total. The van der Waals surface area contributed by atoms with Gasteiger partial charge in [0.05, 0.1) is 3.57 Å². The van der Waals surface area contributed by atoms with Crippen LogP contribution in [0.4, 0.5) is 5.69 Å². The Bertz CT molecular complexity index is 516. The lowest BCUT2D eigenvalue weighted by molar-refractivity contribution is 0.479. The zero-order valence-corrected chi connectivity index (χ0v) is 11.2. The molecule has 0 unspecified atom stereocenters. The maximum Gasteiger partial charge on any atom is 0.140 e. The highest BCUT2D eigenvalue weighted by molar-refractivity contribution is 14.1. The van der Waals surface area contributed by atoms with Crippen LogP contribution in [0.1, 0.15) is 0 Å². The predicted molar refractivity (Wildman–Crippen MR) is 75.1 cm³/mol. The molecule has 0 aromatic heterocycles. The smallest absolute Gasteiger partial charge is 0.140 e. The van der Waals surface area contributed by atoms with E-state index in [0.717, 1.165) is 20.8 Å². The Morgan fingerprint density at radius 2 is 1.94 bits per heavy atom. The van der Waals surface area contributed by atoms with E-state index in [-0.39, 0.29) is 0 Å². The van der Waals surface area contributed by atoms with Crippen molar-refractivity contribution in [2.45, 2.75) is 0 Å². The average Bonchev–Trinajstić information content (AvgIpc) is 2.22. The summed E-state index contributed by atoms with van der Waals surface area (Å²) in [5, 5.41) is 0.656. The number of rotatable bonds is 2. The minimum absolute atomic E-state index is 0.656. The molecule has 2 rings (SSSR count). The van der Waals surface area contributed by atoms with Crippen LogP contribution >= 0.6 is 34.2 Å². The van der Waals surface area contributed by atoms with Gasteiger partial charge in [0.1, 0.15) is 11.5 Å². The zero-order chi connectivity index (χ0) is 11.5. The first-order valence-electron chi connectivity index (χ1n) is 4.63. The van der Waals surface area contributed by atoms with Gasteiger partial charge in [-0.1, -0.05) is 17.7 Å². The first-order valence-corrected chi connectivity index (χ1v) is 6.09. The van der Waals surface area contributed by atoms with Gasteiger partial charge in [-0.15, -0.1) is 0 Å². The topological polar surface area (TPSA) is 35.2 Å². The Balaban J connectivity index is 2.27. The third kappa shape index (κ3) is 2.80. The molecule has 0 aliphatic carbocycles. The van der Waals surface area contributed by atoms with E-state index < -0.39 is 0 Å². The van der Waals surface area contributed by atoms with Gasteiger partial charge >= 0.3 is 0 Å². The minimum atomic E-state index is 0.656. The van der Waals surface area contributed by atoms with Crippen LogP contribution in [0.5, 0.6) is 11.5 Å². The highest BCUT2D eigenvalue weighted by Crippen LogP contribution is 2.29. The Kier molecular flexibility index (Phi) is 3.56. The number of nitrogen functional groups attached to an aromatic ring is 1. The van der Waals surface area contributed by atoms with Gasteiger partial charge in [0.15, 0.2) is 0 Å². The fourth-order valence-electron chi connectivity index (χ4n) is 1.26. The van der Waals surface area contributed by atoms with Gasteiger partial charge in [0.25, 0.3) is 0 Å². The molecule has 0 saturated heterocycles. The van der Waals surface area contributed by atoms with Crippen LogP contribution in [0, 0.1) is 3.57 Å². The number of ether oxygens (including phenoxy) is 1. The van der Waals surface area contributed by atoms with E-state index in [1.165, 1.54) is 0 Å². The van der Waals surface area contributed by atoms with Crippen LogP contribution in [0.25, 0.3) is 0 Å². The molecule has 0 fully saturated rings. The van der Waals surface area contributed by atoms with Crippen LogP contribution in [-0.2, 0) is 0 Å². The van der Waals surface area contributed by atoms with Crippen LogP contribution in [-0.4, -0.2) is 0 Å². The van der Waals surface area contributed by atoms with Gasteiger partial charge in [-0.05, 0) is 59.0 Å². The maximum atomic E-state index is 5.87. The van der Waals surface area contributed by atoms with Crippen molar-refractivity contribution in [3.8, 4) is 11.5 Å². The van der Waals surface area contributed by atoms with Crippen LogP contribution in [0.2, 0.25) is 5.02 Å². The third-order valence-electron chi connectivity index (χ3n) is 1.98. The van der Waals surface area contributed by atoms with Crippen LogP contribution in [0.3, 0.4) is 0 Å². The summed E-state index contributed by atoms with van der Waals surface area (Å²) >= 11 is 8.06. The second kappa shape index (κ2) is 4.93. The van der Waals surface area contributed by atoms with E-state index in [0.29, 0.717) is 5.02 Å². The van der Waals surface area contributed by atoms with Crippen LogP contribution < -0.4 is 10.5 Å². The van der Waals surface area contributed by atoms with Crippen molar-refractivity contribution in [2.75, 3.05) is 5.73 Å². The van der Waals surface area contributed by atoms with Crippen molar-refractivity contribution in [3.05, 3.63) is 51.1 Å². The Labute approximate surface area is 113 Å². The van der Waals surface area contributed by atoms with Gasteiger partial charge in [0.2, 0.25) is 0 Å². The number of halogens is 2. The van der Waals surface area contributed by atoms with Gasteiger partial charge < -0.3 is 10.5 Å². The lowest BCUT2D eigenvalue weighted by atomic mass is 10.3. The molecule has 0 aliphatic rings. The summed E-state index contributed by atoms with van der Waals surface area (Å²) in [4.78, 5) is 0. The molecule has 0 bridgehead atoms. The normalized spacial score (nSPS) is 10.1. The SMILES string of the molecule is Nc1ccc(Oc2cccc(Cl)c2)c(I)c1. The first kappa shape index (κ1) is 11.5. The van der Waals surface area contributed by atoms with E-state index in [4.69, 9.17) is 22.1 Å². The molecular weight excluding hydrogens is 336 g/mol. The van der Waals surface area contributed by atoms with Gasteiger partial charge in [-0.25, -0.2) is 0 Å². The molecule has 0 radical (unpaired) electrons. The standard InChI is InChI=1S/C12H9ClINO/c13-8-2-1-3-10(6-8)16-12-5-4-9(15)7-11(12)14/h1-7H,15H2. The monoisotopic (exact) mass is 345 g/mol.